The Balaban J connectivity index is 2.06. The first-order valence-electron chi connectivity index (χ1n) is 6.13. The second-order valence-corrected chi connectivity index (χ2v) is 5.10. The molecule has 0 saturated heterocycles. The summed E-state index contributed by atoms with van der Waals surface area (Å²) in [7, 11) is 0. The van der Waals surface area contributed by atoms with E-state index in [4.69, 9.17) is 11.6 Å². The van der Waals surface area contributed by atoms with Crippen LogP contribution in [0.3, 0.4) is 0 Å². The topological polar surface area (TPSA) is 4.93 Å². The normalized spacial score (nSPS) is 11.1. The fraction of sp³-hybridized carbons (Fsp3) is 0.125. The minimum absolute atomic E-state index is 0.206. The third-order valence-corrected chi connectivity index (χ3v) is 3.72. The van der Waals surface area contributed by atoms with Crippen molar-refractivity contribution in [2.75, 3.05) is 0 Å². The molecule has 1 aromatic heterocycles. The van der Waals surface area contributed by atoms with Crippen LogP contribution in [0.5, 0.6) is 0 Å². The Bertz CT molecular complexity index is 746. The maximum absolute atomic E-state index is 13.4. The van der Waals surface area contributed by atoms with Crippen LogP contribution in [0.1, 0.15) is 11.1 Å². The van der Waals surface area contributed by atoms with Crippen molar-refractivity contribution < 1.29 is 4.39 Å². The third-order valence-electron chi connectivity index (χ3n) is 3.30. The first-order chi connectivity index (χ1) is 9.15. The summed E-state index contributed by atoms with van der Waals surface area (Å²) < 4.78 is 15.5. The Hall–Kier alpha value is -1.80. The maximum Gasteiger partial charge on any atom is 0.142 e. The molecule has 0 aliphatic heterocycles. The summed E-state index contributed by atoms with van der Waals surface area (Å²) in [5.74, 6) is -0.369. The van der Waals surface area contributed by atoms with Gasteiger partial charge >= 0.3 is 0 Å². The van der Waals surface area contributed by atoms with Gasteiger partial charge in [0.25, 0.3) is 0 Å². The highest BCUT2D eigenvalue weighted by Gasteiger charge is 2.08. The number of fused-ring (bicyclic) bond motifs is 1. The van der Waals surface area contributed by atoms with Gasteiger partial charge in [0, 0.05) is 18.3 Å². The Morgan fingerprint density at radius 3 is 2.84 bits per heavy atom. The van der Waals surface area contributed by atoms with E-state index in [0.717, 1.165) is 11.1 Å². The van der Waals surface area contributed by atoms with Gasteiger partial charge in [-0.2, -0.15) is 0 Å². The highest BCUT2D eigenvalue weighted by atomic mass is 35.5. The van der Waals surface area contributed by atoms with Gasteiger partial charge in [-0.25, -0.2) is 4.39 Å². The molecule has 0 aliphatic carbocycles. The molecule has 2 aromatic carbocycles. The molecular formula is C16H13ClFN. The quantitative estimate of drug-likeness (QED) is 0.633. The van der Waals surface area contributed by atoms with Crippen molar-refractivity contribution in [2.45, 2.75) is 13.5 Å². The lowest BCUT2D eigenvalue weighted by Crippen LogP contribution is -1.99. The van der Waals surface area contributed by atoms with Crippen LogP contribution in [0.15, 0.2) is 48.7 Å². The molecule has 0 atom stereocenters. The molecule has 0 saturated carbocycles. The lowest BCUT2D eigenvalue weighted by molar-refractivity contribution is 0.624. The fourth-order valence-electron chi connectivity index (χ4n) is 2.29. The van der Waals surface area contributed by atoms with Crippen LogP contribution < -0.4 is 0 Å². The fourth-order valence-corrected chi connectivity index (χ4v) is 2.47. The zero-order valence-electron chi connectivity index (χ0n) is 10.5. The highest BCUT2D eigenvalue weighted by Crippen LogP contribution is 2.23. The smallest absolute Gasteiger partial charge is 0.142 e. The van der Waals surface area contributed by atoms with E-state index in [-0.39, 0.29) is 10.8 Å². The number of halogens is 2. The van der Waals surface area contributed by atoms with Crippen LogP contribution >= 0.6 is 11.6 Å². The van der Waals surface area contributed by atoms with E-state index in [1.165, 1.54) is 17.0 Å². The average molecular weight is 274 g/mol. The summed E-state index contributed by atoms with van der Waals surface area (Å²) in [5, 5.41) is 1.38. The number of aromatic nitrogens is 1. The largest absolute Gasteiger partial charge is 0.343 e. The molecule has 3 heteroatoms. The molecule has 1 heterocycles. The van der Waals surface area contributed by atoms with E-state index in [1.807, 2.05) is 12.3 Å². The predicted molar refractivity (Wildman–Crippen MR) is 77.2 cm³/mol. The van der Waals surface area contributed by atoms with Gasteiger partial charge in [-0.05, 0) is 41.6 Å². The molecule has 0 fully saturated rings. The molecule has 0 N–H and O–H groups in total. The van der Waals surface area contributed by atoms with E-state index < -0.39 is 0 Å². The molecule has 3 rings (SSSR count). The Morgan fingerprint density at radius 2 is 2.00 bits per heavy atom. The number of hydrogen-bond acceptors (Lipinski definition) is 0. The van der Waals surface area contributed by atoms with Crippen molar-refractivity contribution in [2.24, 2.45) is 0 Å². The van der Waals surface area contributed by atoms with E-state index in [1.54, 1.807) is 6.07 Å². The molecule has 3 aromatic rings. The van der Waals surface area contributed by atoms with Crippen molar-refractivity contribution in [1.29, 1.82) is 0 Å². The molecule has 0 amide bonds. The molecule has 0 radical (unpaired) electrons. The molecular weight excluding hydrogens is 261 g/mol. The van der Waals surface area contributed by atoms with Crippen molar-refractivity contribution in [3.63, 3.8) is 0 Å². The Labute approximate surface area is 116 Å². The SMILES string of the molecule is Cc1ccc2ccn(Cc3cccc(F)c3Cl)c2c1. The van der Waals surface area contributed by atoms with Gasteiger partial charge in [0.15, 0.2) is 0 Å². The predicted octanol–water partition coefficient (Wildman–Crippen LogP) is 4.79. The first-order valence-corrected chi connectivity index (χ1v) is 6.51. The van der Waals surface area contributed by atoms with Crippen LogP contribution in [-0.4, -0.2) is 4.57 Å². The summed E-state index contributed by atoms with van der Waals surface area (Å²) >= 11 is 6.00. The number of hydrogen-bond donors (Lipinski definition) is 0. The summed E-state index contributed by atoms with van der Waals surface area (Å²) in [6.07, 6.45) is 2.01. The molecule has 19 heavy (non-hydrogen) atoms. The van der Waals surface area contributed by atoms with E-state index >= 15 is 0 Å². The second-order valence-electron chi connectivity index (χ2n) is 4.72. The Morgan fingerprint density at radius 1 is 1.16 bits per heavy atom. The first kappa shape index (κ1) is 12.2. The van der Waals surface area contributed by atoms with E-state index in [9.17, 15) is 4.39 Å². The molecule has 0 bridgehead atoms. The monoisotopic (exact) mass is 273 g/mol. The maximum atomic E-state index is 13.4. The Kier molecular flexibility index (Phi) is 3.03. The van der Waals surface area contributed by atoms with Gasteiger partial charge in [-0.1, -0.05) is 35.9 Å². The van der Waals surface area contributed by atoms with Gasteiger partial charge in [0.05, 0.1) is 5.02 Å². The lowest BCUT2D eigenvalue weighted by atomic mass is 10.2. The van der Waals surface area contributed by atoms with Crippen LogP contribution in [0.2, 0.25) is 5.02 Å². The second kappa shape index (κ2) is 4.71. The van der Waals surface area contributed by atoms with Crippen molar-refractivity contribution in [1.82, 2.24) is 4.57 Å². The minimum atomic E-state index is -0.369. The molecule has 0 aliphatic rings. The van der Waals surface area contributed by atoms with Gasteiger partial charge < -0.3 is 4.57 Å². The van der Waals surface area contributed by atoms with Crippen LogP contribution in [0.4, 0.5) is 4.39 Å². The summed E-state index contributed by atoms with van der Waals surface area (Å²) in [6.45, 7) is 2.63. The highest BCUT2D eigenvalue weighted by molar-refractivity contribution is 6.31. The van der Waals surface area contributed by atoms with Crippen molar-refractivity contribution in [3.05, 3.63) is 70.6 Å². The van der Waals surface area contributed by atoms with Gasteiger partial charge in [-0.15, -0.1) is 0 Å². The molecule has 0 unspecified atom stereocenters. The van der Waals surface area contributed by atoms with Crippen molar-refractivity contribution in [3.8, 4) is 0 Å². The van der Waals surface area contributed by atoms with Crippen LogP contribution in [0, 0.1) is 12.7 Å². The number of nitrogens with zero attached hydrogens (tertiary/aromatic N) is 1. The number of aryl methyl sites for hydroxylation is 1. The standard InChI is InChI=1S/C16H13ClFN/c1-11-5-6-12-7-8-19(15(12)9-11)10-13-3-2-4-14(18)16(13)17/h2-9H,10H2,1H3. The lowest BCUT2D eigenvalue weighted by Gasteiger charge is -2.08. The molecule has 1 nitrogen and oxygen atoms in total. The average Bonchev–Trinajstić information content (AvgIpc) is 2.78. The third kappa shape index (κ3) is 2.24. The van der Waals surface area contributed by atoms with Gasteiger partial charge in [0.1, 0.15) is 5.82 Å². The van der Waals surface area contributed by atoms with Crippen molar-refractivity contribution >= 4 is 22.5 Å². The van der Waals surface area contributed by atoms with Gasteiger partial charge in [0.2, 0.25) is 0 Å². The van der Waals surface area contributed by atoms with Gasteiger partial charge in [-0.3, -0.25) is 0 Å². The summed E-state index contributed by atoms with van der Waals surface area (Å²) in [6, 6.07) is 13.3. The van der Waals surface area contributed by atoms with Crippen LogP contribution in [-0.2, 0) is 6.54 Å². The van der Waals surface area contributed by atoms with E-state index in [2.05, 4.69) is 35.8 Å². The number of benzene rings is 2. The molecule has 96 valence electrons. The number of rotatable bonds is 2. The zero-order chi connectivity index (χ0) is 13.4. The van der Waals surface area contributed by atoms with E-state index in [0.29, 0.717) is 6.54 Å². The summed E-state index contributed by atoms with van der Waals surface area (Å²) in [5.41, 5.74) is 3.14. The van der Waals surface area contributed by atoms with Crippen LogP contribution in [0.25, 0.3) is 10.9 Å². The summed E-state index contributed by atoms with van der Waals surface area (Å²) in [4.78, 5) is 0. The minimum Gasteiger partial charge on any atom is -0.343 e. The molecule has 0 spiro atoms. The zero-order valence-corrected chi connectivity index (χ0v) is 11.3.